The number of pyridine rings is 1. The quantitative estimate of drug-likeness (QED) is 0.546. The lowest BCUT2D eigenvalue weighted by Gasteiger charge is -2.32. The van der Waals surface area contributed by atoms with Crippen molar-refractivity contribution in [3.05, 3.63) is 64.8 Å². The summed E-state index contributed by atoms with van der Waals surface area (Å²) >= 11 is 0. The minimum atomic E-state index is -4.66. The van der Waals surface area contributed by atoms with Crippen molar-refractivity contribution in [2.75, 3.05) is 13.7 Å². The number of carbonyl (C=O) groups is 1. The Morgan fingerprint density at radius 1 is 1.14 bits per heavy atom. The van der Waals surface area contributed by atoms with Gasteiger partial charge in [0.2, 0.25) is 5.88 Å². The van der Waals surface area contributed by atoms with Gasteiger partial charge in [-0.2, -0.15) is 13.2 Å². The molecule has 188 valence electrons. The average molecular weight is 492 g/mol. The molecule has 3 rings (SSSR count). The topological polar surface area (TPSA) is 78.9 Å². The van der Waals surface area contributed by atoms with Crippen molar-refractivity contribution in [1.82, 2.24) is 10.3 Å². The first-order valence-electron chi connectivity index (χ1n) is 10.9. The van der Waals surface area contributed by atoms with Crippen LogP contribution in [0.1, 0.15) is 44.4 Å². The van der Waals surface area contributed by atoms with Crippen LogP contribution in [0, 0.1) is 0 Å². The molecule has 1 aliphatic rings. The Kier molecular flexibility index (Phi) is 7.81. The fourth-order valence-corrected chi connectivity index (χ4v) is 3.27. The third-order valence-electron chi connectivity index (χ3n) is 5.93. The number of nitrogens with one attached hydrogen (secondary N) is 1. The molecule has 1 amide bonds. The van der Waals surface area contributed by atoms with Crippen molar-refractivity contribution in [1.29, 1.82) is 0 Å². The molecule has 1 aromatic heterocycles. The predicted molar refractivity (Wildman–Crippen MR) is 124 cm³/mol. The van der Waals surface area contributed by atoms with Crippen molar-refractivity contribution < 1.29 is 36.7 Å². The minimum Gasteiger partial charge on any atom is -0.481 e. The first-order valence-corrected chi connectivity index (χ1v) is 10.9. The lowest BCUT2D eigenvalue weighted by atomic mass is 9.77. The number of hydrogen-bond donors (Lipinski definition) is 1. The van der Waals surface area contributed by atoms with Crippen molar-refractivity contribution in [2.45, 2.75) is 51.7 Å². The van der Waals surface area contributed by atoms with Crippen molar-refractivity contribution >= 4 is 19.3 Å². The van der Waals surface area contributed by atoms with Crippen molar-refractivity contribution in [3.8, 4) is 5.88 Å². The number of hydrogen-bond acceptors (Lipinski definition) is 6. The molecule has 35 heavy (non-hydrogen) atoms. The molecule has 2 aromatic rings. The van der Waals surface area contributed by atoms with E-state index in [0.717, 1.165) is 18.7 Å². The summed E-state index contributed by atoms with van der Waals surface area (Å²) in [6.45, 7) is 7.38. The highest BCUT2D eigenvalue weighted by Gasteiger charge is 2.52. The number of rotatable bonds is 7. The number of halogens is 3. The minimum absolute atomic E-state index is 0.0690. The van der Waals surface area contributed by atoms with E-state index in [1.165, 1.54) is 12.3 Å². The summed E-state index contributed by atoms with van der Waals surface area (Å²) in [4.78, 5) is 16.1. The zero-order chi connectivity index (χ0) is 25.9. The van der Waals surface area contributed by atoms with Gasteiger partial charge in [0, 0.05) is 12.7 Å². The average Bonchev–Trinajstić information content (AvgIpc) is 3.01. The summed E-state index contributed by atoms with van der Waals surface area (Å²) in [6.07, 6.45) is -2.67. The second-order valence-electron chi connectivity index (χ2n) is 9.05. The summed E-state index contributed by atoms with van der Waals surface area (Å²) in [6, 6.07) is 10.1. The van der Waals surface area contributed by atoms with E-state index in [0.29, 0.717) is 5.47 Å². The fourth-order valence-electron chi connectivity index (χ4n) is 3.27. The van der Waals surface area contributed by atoms with Crippen LogP contribution in [0.15, 0.2) is 48.1 Å². The van der Waals surface area contributed by atoms with E-state index in [1.807, 2.05) is 58.0 Å². The molecule has 1 N–H and O–H groups in total. The summed E-state index contributed by atoms with van der Waals surface area (Å²) in [7, 11) is 0.208. The van der Waals surface area contributed by atoms with E-state index in [-0.39, 0.29) is 18.7 Å². The second kappa shape index (κ2) is 10.3. The summed E-state index contributed by atoms with van der Waals surface area (Å²) in [5.74, 6) is -0.533. The number of methoxy groups -OCH3 is 1. The highest BCUT2D eigenvalue weighted by atomic mass is 19.4. The molecule has 0 atom stereocenters. The first kappa shape index (κ1) is 26.6. The third-order valence-corrected chi connectivity index (χ3v) is 5.93. The van der Waals surface area contributed by atoms with Gasteiger partial charge in [0.05, 0.1) is 18.3 Å². The number of amides is 1. The molecular weight excluding hydrogens is 464 g/mol. The molecule has 0 bridgehead atoms. The number of alkyl carbamates (subject to hydrolysis) is 1. The van der Waals surface area contributed by atoms with Crippen LogP contribution in [0.25, 0.3) is 6.08 Å². The van der Waals surface area contributed by atoms with E-state index < -0.39 is 42.0 Å². The largest absolute Gasteiger partial charge is 0.492 e. The summed E-state index contributed by atoms with van der Waals surface area (Å²) < 4.78 is 62.5. The molecule has 0 radical (unpaired) electrons. The van der Waals surface area contributed by atoms with Gasteiger partial charge in [-0.3, -0.25) is 0 Å². The Balaban J connectivity index is 1.83. The van der Waals surface area contributed by atoms with E-state index in [2.05, 4.69) is 10.3 Å². The van der Waals surface area contributed by atoms with Gasteiger partial charge in [0.25, 0.3) is 0 Å². The smallest absolute Gasteiger partial charge is 0.481 e. The number of alkyl halides is 3. The Morgan fingerprint density at radius 2 is 1.77 bits per heavy atom. The lowest BCUT2D eigenvalue weighted by Crippen LogP contribution is -2.41. The van der Waals surface area contributed by atoms with Gasteiger partial charge in [0.15, 0.2) is 0 Å². The molecule has 7 nitrogen and oxygen atoms in total. The maximum absolute atomic E-state index is 13.5. The van der Waals surface area contributed by atoms with Gasteiger partial charge < -0.3 is 24.1 Å². The molecule has 11 heteroatoms. The summed E-state index contributed by atoms with van der Waals surface area (Å²) in [5.41, 5.74) is -1.06. The number of benzene rings is 1. The van der Waals surface area contributed by atoms with E-state index in [1.54, 1.807) is 0 Å². The monoisotopic (exact) mass is 492 g/mol. The maximum Gasteiger partial charge on any atom is 0.492 e. The number of aromatic nitrogens is 1. The highest BCUT2D eigenvalue weighted by molar-refractivity contribution is 6.56. The molecule has 2 heterocycles. The summed E-state index contributed by atoms with van der Waals surface area (Å²) in [5, 5.41) is 2.62. The Labute approximate surface area is 202 Å². The molecule has 1 aliphatic heterocycles. The van der Waals surface area contributed by atoms with Gasteiger partial charge in [-0.15, -0.1) is 0 Å². The SMILES string of the molecule is COc1ncc(C=C(CNC(=O)OCc2ccccc2)B2OC(C)(C)C(C)(C)O2)cc1C(F)(F)F. The van der Waals surface area contributed by atoms with Gasteiger partial charge in [0.1, 0.15) is 12.2 Å². The van der Waals surface area contributed by atoms with E-state index in [9.17, 15) is 18.0 Å². The molecule has 1 fully saturated rings. The molecule has 0 aliphatic carbocycles. The van der Waals surface area contributed by atoms with Crippen LogP contribution in [-0.2, 0) is 26.8 Å². The van der Waals surface area contributed by atoms with Crippen LogP contribution in [0.4, 0.5) is 18.0 Å². The zero-order valence-electron chi connectivity index (χ0n) is 20.2. The molecule has 0 unspecified atom stereocenters. The van der Waals surface area contributed by atoms with Gasteiger partial charge in [-0.25, -0.2) is 9.78 Å². The third kappa shape index (κ3) is 6.55. The lowest BCUT2D eigenvalue weighted by molar-refractivity contribution is -0.139. The maximum atomic E-state index is 13.5. The Hall–Kier alpha value is -3.05. The molecule has 1 saturated heterocycles. The van der Waals surface area contributed by atoms with E-state index in [4.69, 9.17) is 18.8 Å². The Bertz CT molecular complexity index is 1060. The van der Waals surface area contributed by atoms with Crippen LogP contribution in [0.3, 0.4) is 0 Å². The van der Waals surface area contributed by atoms with Gasteiger partial charge in [-0.1, -0.05) is 36.4 Å². The van der Waals surface area contributed by atoms with Crippen molar-refractivity contribution in [2.24, 2.45) is 0 Å². The molecule has 1 aromatic carbocycles. The normalized spacial score (nSPS) is 17.3. The number of carbonyl (C=O) groups excluding carboxylic acids is 1. The van der Waals surface area contributed by atoms with Gasteiger partial charge >= 0.3 is 19.4 Å². The van der Waals surface area contributed by atoms with Crippen LogP contribution < -0.4 is 10.1 Å². The molecular formula is C24H28BF3N2O5. The van der Waals surface area contributed by atoms with Crippen molar-refractivity contribution in [3.63, 3.8) is 0 Å². The molecule has 0 spiro atoms. The van der Waals surface area contributed by atoms with Crippen LogP contribution in [-0.4, -0.2) is 43.1 Å². The second-order valence-corrected chi connectivity index (χ2v) is 9.05. The predicted octanol–water partition coefficient (Wildman–Crippen LogP) is 5.05. The van der Waals surface area contributed by atoms with Gasteiger partial charge in [-0.05, 0) is 50.4 Å². The fraction of sp³-hybridized carbons (Fsp3) is 0.417. The standard InChI is InChI=1S/C24H28BF3N2O5/c1-22(2)23(3,4)35-25(34-22)18(14-30-21(31)33-15-16-9-7-6-8-10-16)11-17-12-19(24(26,27)28)20(32-5)29-13-17/h6-13H,14-15H2,1-5H3,(H,30,31). The highest BCUT2D eigenvalue weighted by Crippen LogP contribution is 2.39. The Morgan fingerprint density at radius 3 is 2.34 bits per heavy atom. The number of ether oxygens (including phenoxy) is 2. The zero-order valence-corrected chi connectivity index (χ0v) is 20.2. The van der Waals surface area contributed by atoms with Crippen LogP contribution >= 0.6 is 0 Å². The first-order chi connectivity index (χ1) is 16.3. The van der Waals surface area contributed by atoms with Crippen LogP contribution in [0.5, 0.6) is 5.88 Å². The molecule has 0 saturated carbocycles. The van der Waals surface area contributed by atoms with E-state index >= 15 is 0 Å². The van der Waals surface area contributed by atoms with Crippen LogP contribution in [0.2, 0.25) is 0 Å². The number of nitrogens with zero attached hydrogens (tertiary/aromatic N) is 1.